The molecule has 0 bridgehead atoms. The van der Waals surface area contributed by atoms with Gasteiger partial charge in [0.2, 0.25) is 5.91 Å². The Hall–Kier alpha value is -0.570. The molecule has 1 fully saturated rings. The summed E-state index contributed by atoms with van der Waals surface area (Å²) in [6.07, 6.45) is 7.06. The van der Waals surface area contributed by atoms with E-state index in [1.807, 2.05) is 7.05 Å². The van der Waals surface area contributed by atoms with Gasteiger partial charge in [0.05, 0.1) is 6.04 Å². The maximum Gasteiger partial charge on any atom is 0.237 e. The highest BCUT2D eigenvalue weighted by molar-refractivity contribution is 5.81. The van der Waals surface area contributed by atoms with E-state index in [0.717, 1.165) is 32.4 Å². The molecule has 1 N–H and O–H groups in total. The fourth-order valence-corrected chi connectivity index (χ4v) is 2.12. The summed E-state index contributed by atoms with van der Waals surface area (Å²) >= 11 is 0. The standard InChI is InChI=1S/C12H24N2O/c1-3-4-5-6-9-13-12(15)11-8-7-10-14(11)2/h11H,3-10H2,1-2H3,(H,13,15)/t11-/m0/s1. The van der Waals surface area contributed by atoms with Crippen molar-refractivity contribution in [1.82, 2.24) is 10.2 Å². The van der Waals surface area contributed by atoms with Gasteiger partial charge in [-0.15, -0.1) is 0 Å². The van der Waals surface area contributed by atoms with Crippen LogP contribution in [0.5, 0.6) is 0 Å². The summed E-state index contributed by atoms with van der Waals surface area (Å²) in [6, 6.07) is 0.135. The third kappa shape index (κ3) is 4.20. The lowest BCUT2D eigenvalue weighted by Crippen LogP contribution is -2.41. The topological polar surface area (TPSA) is 32.3 Å². The lowest BCUT2D eigenvalue weighted by Gasteiger charge is -2.18. The van der Waals surface area contributed by atoms with Crippen LogP contribution in [0.4, 0.5) is 0 Å². The molecule has 1 amide bonds. The fourth-order valence-electron chi connectivity index (χ4n) is 2.12. The van der Waals surface area contributed by atoms with Crippen molar-refractivity contribution in [3.63, 3.8) is 0 Å². The van der Waals surface area contributed by atoms with Crippen LogP contribution in [0.2, 0.25) is 0 Å². The average Bonchev–Trinajstić information content (AvgIpc) is 2.64. The zero-order valence-electron chi connectivity index (χ0n) is 10.1. The van der Waals surface area contributed by atoms with Crippen LogP contribution in [0.25, 0.3) is 0 Å². The molecule has 1 atom stereocenters. The first-order valence-electron chi connectivity index (χ1n) is 6.23. The van der Waals surface area contributed by atoms with Gasteiger partial charge in [0.15, 0.2) is 0 Å². The Labute approximate surface area is 93.2 Å². The molecule has 3 heteroatoms. The number of nitrogens with one attached hydrogen (secondary N) is 1. The molecule has 0 radical (unpaired) electrons. The summed E-state index contributed by atoms with van der Waals surface area (Å²) in [4.78, 5) is 13.9. The van der Waals surface area contributed by atoms with Crippen molar-refractivity contribution in [3.05, 3.63) is 0 Å². The number of unbranched alkanes of at least 4 members (excludes halogenated alkanes) is 3. The molecule has 0 aromatic carbocycles. The molecule has 1 aliphatic rings. The Morgan fingerprint density at radius 3 is 2.80 bits per heavy atom. The van der Waals surface area contributed by atoms with E-state index in [9.17, 15) is 4.79 Å². The number of rotatable bonds is 6. The Morgan fingerprint density at radius 1 is 1.40 bits per heavy atom. The van der Waals surface area contributed by atoms with Crippen molar-refractivity contribution in [1.29, 1.82) is 0 Å². The summed E-state index contributed by atoms with van der Waals surface area (Å²) < 4.78 is 0. The van der Waals surface area contributed by atoms with Gasteiger partial charge >= 0.3 is 0 Å². The van der Waals surface area contributed by atoms with Crippen molar-refractivity contribution in [2.75, 3.05) is 20.1 Å². The molecule has 15 heavy (non-hydrogen) atoms. The second-order valence-corrected chi connectivity index (χ2v) is 4.49. The van der Waals surface area contributed by atoms with Crippen molar-refractivity contribution >= 4 is 5.91 Å². The first-order valence-corrected chi connectivity index (χ1v) is 6.23. The van der Waals surface area contributed by atoms with E-state index < -0.39 is 0 Å². The van der Waals surface area contributed by atoms with Gasteiger partial charge in [0.1, 0.15) is 0 Å². The van der Waals surface area contributed by atoms with Gasteiger partial charge < -0.3 is 5.32 Å². The van der Waals surface area contributed by atoms with Gasteiger partial charge in [0.25, 0.3) is 0 Å². The van der Waals surface area contributed by atoms with Crippen molar-refractivity contribution < 1.29 is 4.79 Å². The van der Waals surface area contributed by atoms with E-state index in [2.05, 4.69) is 17.1 Å². The second-order valence-electron chi connectivity index (χ2n) is 4.49. The smallest absolute Gasteiger partial charge is 0.237 e. The third-order valence-electron chi connectivity index (χ3n) is 3.15. The molecule has 1 rings (SSSR count). The molecule has 3 nitrogen and oxygen atoms in total. The molecule has 0 unspecified atom stereocenters. The minimum Gasteiger partial charge on any atom is -0.355 e. The maximum atomic E-state index is 11.7. The average molecular weight is 212 g/mol. The summed E-state index contributed by atoms with van der Waals surface area (Å²) in [7, 11) is 2.04. The summed E-state index contributed by atoms with van der Waals surface area (Å²) in [6.45, 7) is 4.11. The normalized spacial score (nSPS) is 21.9. The van der Waals surface area contributed by atoms with Crippen LogP contribution >= 0.6 is 0 Å². The molecule has 1 saturated heterocycles. The molecule has 0 spiro atoms. The number of amides is 1. The van der Waals surface area contributed by atoms with Crippen LogP contribution in [0.3, 0.4) is 0 Å². The Kier molecular flexibility index (Phi) is 5.69. The molecule has 1 aliphatic heterocycles. The zero-order chi connectivity index (χ0) is 11.1. The molecular weight excluding hydrogens is 188 g/mol. The Morgan fingerprint density at radius 2 is 2.20 bits per heavy atom. The molecule has 88 valence electrons. The molecule has 0 aliphatic carbocycles. The van der Waals surface area contributed by atoms with Gasteiger partial charge in [0, 0.05) is 6.54 Å². The summed E-state index contributed by atoms with van der Waals surface area (Å²) in [5.74, 6) is 0.228. The minimum atomic E-state index is 0.135. The highest BCUT2D eigenvalue weighted by Gasteiger charge is 2.26. The molecular formula is C12H24N2O. The number of hydrogen-bond donors (Lipinski definition) is 1. The molecule has 0 aromatic heterocycles. The second kappa shape index (κ2) is 6.83. The summed E-state index contributed by atoms with van der Waals surface area (Å²) in [5.41, 5.74) is 0. The fraction of sp³-hybridized carbons (Fsp3) is 0.917. The zero-order valence-corrected chi connectivity index (χ0v) is 10.1. The Bertz CT molecular complexity index is 194. The summed E-state index contributed by atoms with van der Waals surface area (Å²) in [5, 5.41) is 3.03. The van der Waals surface area contributed by atoms with Crippen LogP contribution in [0.15, 0.2) is 0 Å². The van der Waals surface area contributed by atoms with Gasteiger partial charge in [-0.2, -0.15) is 0 Å². The van der Waals surface area contributed by atoms with E-state index in [0.29, 0.717) is 0 Å². The third-order valence-corrected chi connectivity index (χ3v) is 3.15. The number of likely N-dealkylation sites (tertiary alicyclic amines) is 1. The first-order chi connectivity index (χ1) is 7.25. The van der Waals surface area contributed by atoms with Crippen LogP contribution in [-0.4, -0.2) is 37.0 Å². The van der Waals surface area contributed by atoms with E-state index in [1.54, 1.807) is 0 Å². The van der Waals surface area contributed by atoms with Crippen LogP contribution in [-0.2, 0) is 4.79 Å². The Balaban J connectivity index is 2.08. The molecule has 0 aromatic rings. The first kappa shape index (κ1) is 12.5. The van der Waals surface area contributed by atoms with Crippen molar-refractivity contribution in [3.8, 4) is 0 Å². The maximum absolute atomic E-state index is 11.7. The SMILES string of the molecule is CCCCCCNC(=O)[C@@H]1CCCN1C. The van der Waals surface area contributed by atoms with Crippen molar-refractivity contribution in [2.45, 2.75) is 51.5 Å². The lowest BCUT2D eigenvalue weighted by molar-refractivity contribution is -0.125. The van der Waals surface area contributed by atoms with Gasteiger partial charge in [-0.3, -0.25) is 9.69 Å². The van der Waals surface area contributed by atoms with Crippen LogP contribution < -0.4 is 5.32 Å². The quantitative estimate of drug-likeness (QED) is 0.681. The number of carbonyl (C=O) groups is 1. The predicted molar refractivity (Wildman–Crippen MR) is 62.8 cm³/mol. The van der Waals surface area contributed by atoms with Gasteiger partial charge in [-0.25, -0.2) is 0 Å². The molecule has 0 saturated carbocycles. The minimum absolute atomic E-state index is 0.135. The van der Waals surface area contributed by atoms with E-state index in [-0.39, 0.29) is 11.9 Å². The van der Waals surface area contributed by atoms with Gasteiger partial charge in [-0.1, -0.05) is 26.2 Å². The van der Waals surface area contributed by atoms with Crippen molar-refractivity contribution in [2.24, 2.45) is 0 Å². The van der Waals surface area contributed by atoms with E-state index in [1.165, 1.54) is 19.3 Å². The highest BCUT2D eigenvalue weighted by atomic mass is 16.2. The monoisotopic (exact) mass is 212 g/mol. The van der Waals surface area contributed by atoms with Crippen LogP contribution in [0, 0.1) is 0 Å². The van der Waals surface area contributed by atoms with Crippen LogP contribution in [0.1, 0.15) is 45.4 Å². The predicted octanol–water partition coefficient (Wildman–Crippen LogP) is 1.78. The lowest BCUT2D eigenvalue weighted by atomic mass is 10.2. The van der Waals surface area contributed by atoms with E-state index in [4.69, 9.17) is 0 Å². The molecule has 1 heterocycles. The van der Waals surface area contributed by atoms with E-state index >= 15 is 0 Å². The number of nitrogens with zero attached hydrogens (tertiary/aromatic N) is 1. The van der Waals surface area contributed by atoms with Gasteiger partial charge in [-0.05, 0) is 32.9 Å². The largest absolute Gasteiger partial charge is 0.355 e. The number of likely N-dealkylation sites (N-methyl/N-ethyl adjacent to an activating group) is 1. The number of carbonyl (C=O) groups excluding carboxylic acids is 1. The highest BCUT2D eigenvalue weighted by Crippen LogP contribution is 2.14. The number of hydrogen-bond acceptors (Lipinski definition) is 2.